The summed E-state index contributed by atoms with van der Waals surface area (Å²) >= 11 is 3.36. The fourth-order valence-corrected chi connectivity index (χ4v) is 3.17. The van der Waals surface area contributed by atoms with Gasteiger partial charge in [-0.1, -0.05) is 29.3 Å². The highest BCUT2D eigenvalue weighted by atomic mass is 79.9. The first-order chi connectivity index (χ1) is 13.0. The van der Waals surface area contributed by atoms with E-state index in [-0.39, 0.29) is 18.2 Å². The van der Waals surface area contributed by atoms with Crippen molar-refractivity contribution in [1.29, 1.82) is 0 Å². The molecule has 1 saturated heterocycles. The predicted octanol–water partition coefficient (Wildman–Crippen LogP) is 2.52. The van der Waals surface area contributed by atoms with Crippen molar-refractivity contribution in [2.75, 3.05) is 26.3 Å². The zero-order valence-corrected chi connectivity index (χ0v) is 17.2. The lowest BCUT2D eigenvalue weighted by Gasteiger charge is -2.35. The molecular formula is C19H25BrN2O5. The molecule has 0 unspecified atom stereocenters. The molecule has 1 heterocycles. The minimum atomic E-state index is -0.895. The smallest absolute Gasteiger partial charge is 0.308 e. The molecule has 1 fully saturated rings. The minimum absolute atomic E-state index is 0.167. The molecule has 8 heteroatoms. The number of ether oxygens (including phenoxy) is 2. The summed E-state index contributed by atoms with van der Waals surface area (Å²) in [6, 6.07) is 4.26. The Labute approximate surface area is 167 Å². The van der Waals surface area contributed by atoms with Crippen molar-refractivity contribution < 1.29 is 23.9 Å². The average Bonchev–Trinajstić information content (AvgIpc) is 2.64. The molecule has 27 heavy (non-hydrogen) atoms. The lowest BCUT2D eigenvalue weighted by atomic mass is 10.1. The Balaban J connectivity index is 2.20. The molecule has 1 aliphatic heterocycles. The fraction of sp³-hybridized carbons (Fsp3) is 0.526. The molecule has 2 rings (SSSR count). The van der Waals surface area contributed by atoms with E-state index < -0.39 is 12.0 Å². The monoisotopic (exact) mass is 440 g/mol. The highest BCUT2D eigenvalue weighted by Gasteiger charge is 2.36. The molecule has 0 aliphatic carbocycles. The van der Waals surface area contributed by atoms with Crippen molar-refractivity contribution in [3.8, 4) is 5.75 Å². The number of esters is 1. The van der Waals surface area contributed by atoms with Crippen LogP contribution in [0.2, 0.25) is 0 Å². The van der Waals surface area contributed by atoms with Gasteiger partial charge >= 0.3 is 5.97 Å². The van der Waals surface area contributed by atoms with Crippen molar-refractivity contribution in [3.05, 3.63) is 28.2 Å². The molecule has 0 spiro atoms. The van der Waals surface area contributed by atoms with E-state index >= 15 is 0 Å². The van der Waals surface area contributed by atoms with Gasteiger partial charge in [-0.2, -0.15) is 0 Å². The van der Waals surface area contributed by atoms with E-state index in [9.17, 15) is 14.4 Å². The summed E-state index contributed by atoms with van der Waals surface area (Å²) in [6.07, 6.45) is 1.51. The number of nitrogens with zero attached hydrogens (tertiary/aromatic N) is 1. The second-order valence-corrected chi connectivity index (χ2v) is 7.07. The molecule has 0 bridgehead atoms. The number of halogens is 1. The van der Waals surface area contributed by atoms with Crippen molar-refractivity contribution in [1.82, 2.24) is 10.2 Å². The summed E-state index contributed by atoms with van der Waals surface area (Å²) in [6.45, 7) is 5.21. The minimum Gasteiger partial charge on any atom is -0.493 e. The zero-order valence-electron chi connectivity index (χ0n) is 15.6. The Kier molecular flexibility index (Phi) is 8.09. The van der Waals surface area contributed by atoms with E-state index in [4.69, 9.17) is 9.47 Å². The van der Waals surface area contributed by atoms with Crippen LogP contribution < -0.4 is 10.1 Å². The number of unbranched alkanes of at least 4 members (excludes halogenated alkanes) is 1. The van der Waals surface area contributed by atoms with E-state index in [1.807, 2.05) is 13.8 Å². The van der Waals surface area contributed by atoms with Crippen LogP contribution in [0.15, 0.2) is 22.7 Å². The van der Waals surface area contributed by atoms with Crippen LogP contribution in [0, 0.1) is 0 Å². The summed E-state index contributed by atoms with van der Waals surface area (Å²) in [5.41, 5.74) is 0.352. The second-order valence-electron chi connectivity index (χ2n) is 6.16. The van der Waals surface area contributed by atoms with Gasteiger partial charge in [-0.25, -0.2) is 0 Å². The molecule has 148 valence electrons. The Morgan fingerprint density at radius 2 is 2.11 bits per heavy atom. The van der Waals surface area contributed by atoms with Crippen LogP contribution in [0.25, 0.3) is 0 Å². The standard InChI is InChI=1S/C19H25BrN2O5/c1-3-5-10-27-17(23)12-15-18(24)21-8-9-22(15)19(25)14-11-13(20)6-7-16(14)26-4-2/h6-7,11,15H,3-5,8-10,12H2,1-2H3,(H,21,24)/t15-/m0/s1. The third kappa shape index (κ3) is 5.69. The van der Waals surface area contributed by atoms with Gasteiger partial charge < -0.3 is 19.7 Å². The molecule has 0 aromatic heterocycles. The third-order valence-electron chi connectivity index (χ3n) is 4.18. The van der Waals surface area contributed by atoms with Gasteiger partial charge in [0.1, 0.15) is 11.8 Å². The van der Waals surface area contributed by atoms with Gasteiger partial charge in [-0.15, -0.1) is 0 Å². The molecule has 0 saturated carbocycles. The van der Waals surface area contributed by atoms with Crippen LogP contribution >= 0.6 is 15.9 Å². The summed E-state index contributed by atoms with van der Waals surface area (Å²) in [4.78, 5) is 39.0. The Morgan fingerprint density at radius 3 is 2.81 bits per heavy atom. The SMILES string of the molecule is CCCCOC(=O)C[C@H]1C(=O)NCCN1C(=O)c1cc(Br)ccc1OCC. The van der Waals surface area contributed by atoms with Gasteiger partial charge in [0.05, 0.1) is 25.2 Å². The molecule has 1 aliphatic rings. The number of hydrogen-bond acceptors (Lipinski definition) is 5. The fourth-order valence-electron chi connectivity index (χ4n) is 2.81. The Hall–Kier alpha value is -2.09. The first-order valence-corrected chi connectivity index (χ1v) is 9.93. The topological polar surface area (TPSA) is 84.9 Å². The first kappa shape index (κ1) is 21.2. The molecule has 2 amide bonds. The maximum absolute atomic E-state index is 13.1. The number of hydrogen-bond donors (Lipinski definition) is 1. The van der Waals surface area contributed by atoms with E-state index in [0.29, 0.717) is 37.6 Å². The van der Waals surface area contributed by atoms with E-state index in [0.717, 1.165) is 17.3 Å². The van der Waals surface area contributed by atoms with E-state index in [2.05, 4.69) is 21.2 Å². The number of piperazine rings is 1. The average molecular weight is 441 g/mol. The predicted molar refractivity (Wildman–Crippen MR) is 104 cm³/mol. The highest BCUT2D eigenvalue weighted by molar-refractivity contribution is 9.10. The first-order valence-electron chi connectivity index (χ1n) is 9.14. The molecule has 7 nitrogen and oxygen atoms in total. The van der Waals surface area contributed by atoms with Crippen LogP contribution in [0.5, 0.6) is 5.75 Å². The van der Waals surface area contributed by atoms with Gasteiger partial charge in [0.15, 0.2) is 0 Å². The van der Waals surface area contributed by atoms with Crippen LogP contribution in [0.4, 0.5) is 0 Å². The van der Waals surface area contributed by atoms with Crippen molar-refractivity contribution in [3.63, 3.8) is 0 Å². The van der Waals surface area contributed by atoms with Gasteiger partial charge in [-0.3, -0.25) is 14.4 Å². The number of amides is 2. The van der Waals surface area contributed by atoms with Crippen molar-refractivity contribution in [2.24, 2.45) is 0 Å². The maximum Gasteiger partial charge on any atom is 0.308 e. The molecular weight excluding hydrogens is 416 g/mol. The number of benzene rings is 1. The lowest BCUT2D eigenvalue weighted by Crippen LogP contribution is -2.57. The zero-order chi connectivity index (χ0) is 19.8. The van der Waals surface area contributed by atoms with Crippen molar-refractivity contribution >= 4 is 33.7 Å². The van der Waals surface area contributed by atoms with Gasteiger partial charge in [0, 0.05) is 17.6 Å². The van der Waals surface area contributed by atoms with Gasteiger partial charge in [0.2, 0.25) is 5.91 Å². The number of nitrogens with one attached hydrogen (secondary N) is 1. The second kappa shape index (κ2) is 10.3. The number of carbonyl (C=O) groups excluding carboxylic acids is 3. The number of rotatable bonds is 8. The summed E-state index contributed by atoms with van der Waals surface area (Å²) in [5, 5.41) is 2.71. The quantitative estimate of drug-likeness (QED) is 0.495. The third-order valence-corrected chi connectivity index (χ3v) is 4.68. The van der Waals surface area contributed by atoms with E-state index in [1.165, 1.54) is 4.90 Å². The van der Waals surface area contributed by atoms with Gasteiger partial charge in [0.25, 0.3) is 5.91 Å². The molecule has 1 atom stereocenters. The summed E-state index contributed by atoms with van der Waals surface area (Å²) in [5.74, 6) is -0.737. The van der Waals surface area contributed by atoms with Gasteiger partial charge in [-0.05, 0) is 31.5 Å². The Bertz CT molecular complexity index is 695. The summed E-state index contributed by atoms with van der Waals surface area (Å²) < 4.78 is 11.4. The van der Waals surface area contributed by atoms with Crippen molar-refractivity contribution in [2.45, 2.75) is 39.2 Å². The van der Waals surface area contributed by atoms with Crippen LogP contribution in [0.1, 0.15) is 43.5 Å². The summed E-state index contributed by atoms with van der Waals surface area (Å²) in [7, 11) is 0. The maximum atomic E-state index is 13.1. The number of carbonyl (C=O) groups is 3. The normalized spacial score (nSPS) is 16.6. The van der Waals surface area contributed by atoms with Crippen LogP contribution in [0.3, 0.4) is 0 Å². The molecule has 1 aromatic rings. The largest absolute Gasteiger partial charge is 0.493 e. The van der Waals surface area contributed by atoms with Crippen LogP contribution in [-0.4, -0.2) is 55.0 Å². The molecule has 1 N–H and O–H groups in total. The molecule has 1 aromatic carbocycles. The highest BCUT2D eigenvalue weighted by Crippen LogP contribution is 2.26. The molecule has 0 radical (unpaired) electrons. The van der Waals surface area contributed by atoms with E-state index in [1.54, 1.807) is 18.2 Å². The van der Waals surface area contributed by atoms with Crippen LogP contribution in [-0.2, 0) is 14.3 Å². The Morgan fingerprint density at radius 1 is 1.33 bits per heavy atom. The lowest BCUT2D eigenvalue weighted by molar-refractivity contribution is -0.147.